The van der Waals surface area contributed by atoms with Gasteiger partial charge in [-0.3, -0.25) is 48.2 Å². The van der Waals surface area contributed by atoms with E-state index in [4.69, 9.17) is 43.4 Å². The number of likely N-dealkylation sites (tertiary alicyclic amines) is 1. The number of carbonyl (C=O) groups excluding carboxylic acids is 8. The highest BCUT2D eigenvalue weighted by molar-refractivity contribution is 5.68. The maximum atomic E-state index is 10.5. The average Bonchev–Trinajstić information content (AvgIpc) is 2.06. The first-order valence-electron chi connectivity index (χ1n) is 30.4. The molecule has 3 N–H and O–H groups in total. The number of ether oxygens (including phenoxy) is 10. The monoisotopic (exact) mass is 1370 g/mol. The summed E-state index contributed by atoms with van der Waals surface area (Å²) in [6.07, 6.45) is 7.15. The van der Waals surface area contributed by atoms with E-state index < -0.39 is 6.10 Å². The molecule has 0 aliphatic carbocycles. The number of likely N-dealkylation sites (N-methyl/N-ethyl adjacent to an activating group) is 1. The van der Waals surface area contributed by atoms with Crippen LogP contribution in [0.3, 0.4) is 0 Å². The summed E-state index contributed by atoms with van der Waals surface area (Å²) in [6, 6.07) is 0. The molecule has 94 heavy (non-hydrogen) atoms. The molecule has 2 rings (SSSR count). The number of aliphatic hydroxyl groups is 3. The van der Waals surface area contributed by atoms with Crippen LogP contribution in [0.5, 0.6) is 0 Å². The summed E-state index contributed by atoms with van der Waals surface area (Å²) in [5.41, 5.74) is -0.328. The maximum Gasteiger partial charge on any atom is 0.303 e. The van der Waals surface area contributed by atoms with Crippen LogP contribution in [0.25, 0.3) is 0 Å². The fourth-order valence-electron chi connectivity index (χ4n) is 6.30. The zero-order chi connectivity index (χ0) is 70.0. The van der Waals surface area contributed by atoms with Crippen LogP contribution in [0.15, 0.2) is 12.3 Å². The highest BCUT2D eigenvalue weighted by Gasteiger charge is 2.16. The molecule has 570 valence electrons. The van der Waals surface area contributed by atoms with Gasteiger partial charge in [-0.1, -0.05) is 57.1 Å². The lowest BCUT2D eigenvalue weighted by molar-refractivity contribution is -0.152. The number of allylic oxidation sites excluding steroid dienone is 1. The van der Waals surface area contributed by atoms with Crippen molar-refractivity contribution in [2.45, 2.75) is 184 Å². The average molecular weight is 1370 g/mol. The number of hydrogen-bond donors (Lipinski definition) is 3. The Morgan fingerprint density at radius 3 is 1.20 bits per heavy atom. The van der Waals surface area contributed by atoms with Crippen molar-refractivity contribution in [1.82, 2.24) is 29.4 Å². The first-order chi connectivity index (χ1) is 41.5. The summed E-state index contributed by atoms with van der Waals surface area (Å²) < 4.78 is 47.4. The van der Waals surface area contributed by atoms with Crippen LogP contribution in [0.1, 0.15) is 172 Å². The quantitative estimate of drug-likeness (QED) is 0.0287. The molecule has 0 amide bonds. The van der Waals surface area contributed by atoms with Crippen molar-refractivity contribution >= 4 is 47.8 Å². The third-order valence-electron chi connectivity index (χ3n) is 10.3. The molecule has 1 unspecified atom stereocenters. The number of unbranched alkanes of at least 4 members (excludes halogenated alkanes) is 1. The highest BCUT2D eigenvalue weighted by atomic mass is 16.6. The van der Waals surface area contributed by atoms with E-state index in [1.165, 1.54) is 74.7 Å². The van der Waals surface area contributed by atoms with Crippen molar-refractivity contribution in [1.29, 1.82) is 0 Å². The Labute approximate surface area is 573 Å². The highest BCUT2D eigenvalue weighted by Crippen LogP contribution is 2.09. The largest absolute Gasteiger partial charge is 0.502 e. The number of aliphatic hydroxyl groups excluding tert-OH is 3. The normalized spacial score (nSPS) is 12.0. The Morgan fingerprint density at radius 2 is 0.862 bits per heavy atom. The second-order valence-corrected chi connectivity index (χ2v) is 21.7. The number of esters is 8. The summed E-state index contributed by atoms with van der Waals surface area (Å²) in [4.78, 5) is 94.9. The second kappa shape index (κ2) is 84.0. The minimum atomic E-state index is -0.544. The van der Waals surface area contributed by atoms with Crippen LogP contribution >= 0.6 is 0 Å². The molecule has 0 aromatic rings. The van der Waals surface area contributed by atoms with Crippen molar-refractivity contribution in [3.8, 4) is 0 Å². The van der Waals surface area contributed by atoms with E-state index >= 15 is 0 Å². The van der Waals surface area contributed by atoms with Gasteiger partial charge < -0.3 is 82.3 Å². The fraction of sp³-hybridized carbons (Fsp3) is 0.851. The van der Waals surface area contributed by atoms with E-state index in [1.54, 1.807) is 14.0 Å². The topological polar surface area (TPSA) is 309 Å². The third kappa shape index (κ3) is 131. The summed E-state index contributed by atoms with van der Waals surface area (Å²) in [7, 11) is 13.5. The number of rotatable bonds is 29. The van der Waals surface area contributed by atoms with Gasteiger partial charge in [0.05, 0.1) is 52.5 Å². The summed E-state index contributed by atoms with van der Waals surface area (Å²) in [5, 5.41) is 26.3. The molecule has 2 saturated heterocycles. The molecule has 2 aliphatic rings. The molecule has 0 spiro atoms. The summed E-state index contributed by atoms with van der Waals surface area (Å²) in [6.45, 7) is 38.9. The lowest BCUT2D eigenvalue weighted by Gasteiger charge is -2.28. The van der Waals surface area contributed by atoms with Crippen LogP contribution in [0.2, 0.25) is 0 Å². The fourth-order valence-corrected chi connectivity index (χ4v) is 6.30. The molecule has 2 heterocycles. The van der Waals surface area contributed by atoms with E-state index in [1.807, 2.05) is 68.0 Å². The zero-order valence-electron chi connectivity index (χ0n) is 58.9. The van der Waals surface area contributed by atoms with Crippen molar-refractivity contribution in [3.05, 3.63) is 12.3 Å². The molecule has 2 fully saturated rings. The smallest absolute Gasteiger partial charge is 0.303 e. The minimum absolute atomic E-state index is 0. The molecular weight excluding hydrogens is 1220 g/mol. The van der Waals surface area contributed by atoms with Gasteiger partial charge in [0.25, 0.3) is 0 Å². The number of morpholine rings is 1. The van der Waals surface area contributed by atoms with Crippen LogP contribution in [0, 0.1) is 0 Å². The Morgan fingerprint density at radius 1 is 0.479 bits per heavy atom. The summed E-state index contributed by atoms with van der Waals surface area (Å²) in [5.74, 6) is -1.20. The molecule has 27 nitrogen and oxygen atoms in total. The van der Waals surface area contributed by atoms with Crippen LogP contribution in [-0.2, 0) is 85.7 Å². The van der Waals surface area contributed by atoms with Gasteiger partial charge in [0.1, 0.15) is 44.7 Å². The standard InChI is InChI=1S/C10H19NO3.C9H19NO3.C8H15NO3.C8H17NO2.C7H15NO2.C6H13NO2.C6H12O2.C4H8O3.C4H8O.5CH4/c1-9(12)14-8-10(13)7-11-5-3-2-4-6-11;1-3-4-10(5-7-11)6-8-13-9(2)12;1-8(10)12-7-4-9-2-5-11-6-3-9;1-8(10)11-7-5-4-6-9(2)3;1-7(9)10-6-4-5-8(2)3;1-6(8)9-5-4-7(2)3;1-5(7)8-6(2,3)4;1-4(6)7-3-2-5;1-4(2)5-3;;;;;/h10,13H,2-8H2,1H3;11H,3-8H2,1-2H3;2-7H2,1H3;4-7H2,1-3H3;4-6H2,1-3H3;4-5H2,1-3H3;1-4H3;5H,2-3H2,1H3;1H2,2-3H3;5*1H4. The lowest BCUT2D eigenvalue weighted by atomic mass is 10.1. The Bertz CT molecular complexity index is 1710. The second-order valence-electron chi connectivity index (χ2n) is 21.7. The minimum Gasteiger partial charge on any atom is -0.502 e. The molecule has 0 aromatic heterocycles. The van der Waals surface area contributed by atoms with Gasteiger partial charge >= 0.3 is 47.8 Å². The first-order valence-corrected chi connectivity index (χ1v) is 30.4. The van der Waals surface area contributed by atoms with E-state index in [-0.39, 0.29) is 117 Å². The number of nitrogens with zero attached hydrogens (tertiary/aromatic N) is 6. The van der Waals surface area contributed by atoms with Gasteiger partial charge in [0, 0.05) is 108 Å². The van der Waals surface area contributed by atoms with Crippen LogP contribution < -0.4 is 0 Å². The van der Waals surface area contributed by atoms with Crippen molar-refractivity contribution in [3.63, 3.8) is 0 Å². The summed E-state index contributed by atoms with van der Waals surface area (Å²) >= 11 is 0. The predicted octanol–water partition coefficient (Wildman–Crippen LogP) is 7.27. The van der Waals surface area contributed by atoms with Crippen LogP contribution in [0.4, 0.5) is 0 Å². The predicted molar refractivity (Wildman–Crippen MR) is 377 cm³/mol. The van der Waals surface area contributed by atoms with Crippen molar-refractivity contribution in [2.75, 3.05) is 201 Å². The molecule has 1 atom stereocenters. The Kier molecular flexibility index (Phi) is 104. The Hall–Kier alpha value is -5.10. The van der Waals surface area contributed by atoms with Gasteiger partial charge in [-0.2, -0.15) is 0 Å². The van der Waals surface area contributed by atoms with Crippen molar-refractivity contribution < 1.29 is 101 Å². The lowest BCUT2D eigenvalue weighted by Crippen LogP contribution is -2.38. The van der Waals surface area contributed by atoms with E-state index in [9.17, 15) is 43.5 Å². The molecule has 0 bridgehead atoms. The zero-order valence-corrected chi connectivity index (χ0v) is 58.9. The van der Waals surface area contributed by atoms with Gasteiger partial charge in [0.2, 0.25) is 0 Å². The van der Waals surface area contributed by atoms with E-state index in [2.05, 4.69) is 52.2 Å². The molecule has 0 aromatic carbocycles. The number of carbonyl (C=O) groups is 8. The first kappa shape index (κ1) is 116. The van der Waals surface area contributed by atoms with Crippen molar-refractivity contribution in [2.24, 2.45) is 0 Å². The van der Waals surface area contributed by atoms with Gasteiger partial charge in [-0.05, 0) is 135 Å². The third-order valence-corrected chi connectivity index (χ3v) is 10.3. The molecular formula is C67H146N6O21. The van der Waals surface area contributed by atoms with E-state index in [0.717, 1.165) is 104 Å². The molecule has 0 radical (unpaired) electrons. The molecule has 0 saturated carbocycles. The number of hydrogen-bond acceptors (Lipinski definition) is 27. The van der Waals surface area contributed by atoms with E-state index in [0.29, 0.717) is 52.7 Å². The molecule has 2 aliphatic heterocycles. The number of β-amino-alcohol motifs (C(OH)–C–C–N with tert-alkyl or cyclic N) is 1. The van der Waals surface area contributed by atoms with Crippen LogP contribution in [-0.4, -0.2) is 305 Å². The maximum absolute atomic E-state index is 10.5. The number of piperidine rings is 1. The molecule has 27 heteroatoms. The Balaban J connectivity index is -0.0000000809. The SMILES string of the molecule is C.C.C.C.C.C=C(C)OC.CC(=O)OC(C)(C)C.CC(=O)OCC(O)CN1CCCCC1.CC(=O)OCCCCN(C)C.CC(=O)OCCCN(C)C.CC(=O)OCCN(C)C.CC(=O)OCCN1CCOCC1.CC(=O)OCCO.CCCN(CCO)CCOC(C)=O. The number of methoxy groups -OCH3 is 1. The van der Waals surface area contributed by atoms with Gasteiger partial charge in [-0.25, -0.2) is 0 Å². The van der Waals surface area contributed by atoms with Gasteiger partial charge in [-0.15, -0.1) is 0 Å². The van der Waals surface area contributed by atoms with Gasteiger partial charge in [0.15, 0.2) is 0 Å².